The van der Waals surface area contributed by atoms with Gasteiger partial charge in [0.25, 0.3) is 11.9 Å². The second-order valence-electron chi connectivity index (χ2n) is 12.6. The van der Waals surface area contributed by atoms with Crippen molar-refractivity contribution in [1.82, 2.24) is 10.2 Å². The van der Waals surface area contributed by atoms with E-state index >= 15 is 0 Å². The number of amides is 1. The summed E-state index contributed by atoms with van der Waals surface area (Å²) in [5, 5.41) is 12.2. The van der Waals surface area contributed by atoms with Crippen LogP contribution in [-0.4, -0.2) is 47.1 Å². The van der Waals surface area contributed by atoms with E-state index < -0.39 is 5.97 Å². The number of carbonyl (C=O) groups is 2. The Bertz CT molecular complexity index is 1470. The quantitative estimate of drug-likeness (QED) is 0.274. The normalized spacial score (nSPS) is 21.4. The minimum Gasteiger partial charge on any atom is -0.481 e. The molecule has 2 fully saturated rings. The van der Waals surface area contributed by atoms with Crippen molar-refractivity contribution in [2.45, 2.75) is 65.0 Å². The number of carboxylic acids is 1. The third-order valence-electron chi connectivity index (χ3n) is 8.68. The Balaban J connectivity index is 1.41. The Morgan fingerprint density at radius 1 is 1.00 bits per heavy atom. The zero-order chi connectivity index (χ0) is 30.6. The lowest BCUT2D eigenvalue weighted by Gasteiger charge is -2.41. The molecule has 2 N–H and O–H groups in total. The van der Waals surface area contributed by atoms with Crippen LogP contribution in [0.4, 0.5) is 5.69 Å². The Hall–Kier alpha value is -3.84. The molecule has 1 aliphatic carbocycles. The number of aliphatic carboxylic acids is 1. The van der Waals surface area contributed by atoms with Gasteiger partial charge < -0.3 is 20.1 Å². The van der Waals surface area contributed by atoms with Crippen LogP contribution in [0.2, 0.25) is 5.02 Å². The maximum absolute atomic E-state index is 12.5. The third-order valence-corrected chi connectivity index (χ3v) is 9.01. The summed E-state index contributed by atoms with van der Waals surface area (Å²) in [6.07, 6.45) is 4.32. The van der Waals surface area contributed by atoms with Crippen LogP contribution in [0, 0.1) is 11.3 Å². The van der Waals surface area contributed by atoms with Crippen molar-refractivity contribution in [3.05, 3.63) is 88.9 Å². The first-order valence-electron chi connectivity index (χ1n) is 15.0. The summed E-state index contributed by atoms with van der Waals surface area (Å²) in [7, 11) is 0. The molecule has 1 saturated carbocycles. The Labute approximate surface area is 258 Å². The van der Waals surface area contributed by atoms with Crippen LogP contribution in [0.25, 0.3) is 11.1 Å². The van der Waals surface area contributed by atoms with Gasteiger partial charge in [0.05, 0.1) is 18.2 Å². The van der Waals surface area contributed by atoms with Gasteiger partial charge in [-0.25, -0.2) is 0 Å². The molecule has 7 nitrogen and oxygen atoms in total. The Morgan fingerprint density at radius 3 is 2.40 bits per heavy atom. The highest BCUT2D eigenvalue weighted by Gasteiger charge is 2.40. The smallest absolute Gasteiger partial charge is 0.305 e. The molecule has 226 valence electrons. The van der Waals surface area contributed by atoms with E-state index in [-0.39, 0.29) is 36.4 Å². The average Bonchev–Trinajstić information content (AvgIpc) is 3.40. The molecule has 8 heteroatoms. The monoisotopic (exact) mass is 601 g/mol. The molecule has 0 spiro atoms. The van der Waals surface area contributed by atoms with E-state index in [1.165, 1.54) is 0 Å². The molecule has 0 bridgehead atoms. The Kier molecular flexibility index (Phi) is 9.40. The standard InChI is InChI=1S/C35H40ClN3O4/c1-35(2,3)26-15-17-28(18-16-26)39-31(23-11-13-24(14-12-23)33(42)37-20-19-32(40)41)22-43-34(39)38-27-8-6-7-25(21-27)29-9-4-5-10-30(29)36/h4-14,21,26,28,31H,15-20,22H2,1-3H3,(H,37,42)(H,40,41)/b38-34-. The lowest BCUT2D eigenvalue weighted by atomic mass is 9.71. The molecule has 1 unspecified atom stereocenters. The molecule has 3 aromatic rings. The highest BCUT2D eigenvalue weighted by atomic mass is 35.5. The van der Waals surface area contributed by atoms with Crippen LogP contribution in [-0.2, 0) is 9.53 Å². The lowest BCUT2D eigenvalue weighted by molar-refractivity contribution is -0.136. The number of carbonyl (C=O) groups excluding carboxylic acids is 1. The van der Waals surface area contributed by atoms with Crippen molar-refractivity contribution in [2.24, 2.45) is 16.3 Å². The molecule has 1 aliphatic heterocycles. The van der Waals surface area contributed by atoms with Crippen molar-refractivity contribution in [2.75, 3.05) is 13.2 Å². The van der Waals surface area contributed by atoms with Crippen molar-refractivity contribution >= 4 is 35.2 Å². The first-order valence-corrected chi connectivity index (χ1v) is 15.4. The summed E-state index contributed by atoms with van der Waals surface area (Å²) in [5.74, 6) is -0.549. The van der Waals surface area contributed by atoms with Gasteiger partial charge in [-0.05, 0) is 78.5 Å². The number of benzene rings is 3. The summed E-state index contributed by atoms with van der Waals surface area (Å²) in [6, 6.07) is 24.2. The number of nitrogens with one attached hydrogen (secondary N) is 1. The third kappa shape index (κ3) is 7.39. The molecular formula is C35H40ClN3O4. The molecule has 1 atom stereocenters. The fourth-order valence-corrected chi connectivity index (χ4v) is 6.45. The minimum atomic E-state index is -0.943. The van der Waals surface area contributed by atoms with E-state index in [0.29, 0.717) is 29.1 Å². The van der Waals surface area contributed by atoms with Gasteiger partial charge >= 0.3 is 5.97 Å². The average molecular weight is 602 g/mol. The van der Waals surface area contributed by atoms with Crippen LogP contribution < -0.4 is 5.32 Å². The molecule has 3 aromatic carbocycles. The summed E-state index contributed by atoms with van der Waals surface area (Å²) < 4.78 is 6.32. The maximum Gasteiger partial charge on any atom is 0.305 e. The van der Waals surface area contributed by atoms with Crippen LogP contribution in [0.15, 0.2) is 77.8 Å². The largest absolute Gasteiger partial charge is 0.481 e. The van der Waals surface area contributed by atoms with Crippen molar-refractivity contribution in [3.8, 4) is 11.1 Å². The van der Waals surface area contributed by atoms with E-state index in [1.807, 2.05) is 60.7 Å². The topological polar surface area (TPSA) is 91.2 Å². The van der Waals surface area contributed by atoms with Gasteiger partial charge in [-0.2, -0.15) is 4.99 Å². The summed E-state index contributed by atoms with van der Waals surface area (Å²) in [6.45, 7) is 7.55. The van der Waals surface area contributed by atoms with E-state index in [9.17, 15) is 9.59 Å². The molecule has 5 rings (SSSR count). The fraction of sp³-hybridized carbons (Fsp3) is 0.400. The number of ether oxygens (including phenoxy) is 1. The number of rotatable bonds is 8. The summed E-state index contributed by atoms with van der Waals surface area (Å²) in [4.78, 5) is 30.7. The number of hydrogen-bond donors (Lipinski definition) is 2. The molecule has 1 amide bonds. The molecule has 0 radical (unpaired) electrons. The van der Waals surface area contributed by atoms with Gasteiger partial charge in [-0.1, -0.05) is 74.8 Å². The van der Waals surface area contributed by atoms with Gasteiger partial charge in [0.1, 0.15) is 6.61 Å². The van der Waals surface area contributed by atoms with Gasteiger partial charge in [0.15, 0.2) is 0 Å². The molecule has 1 saturated heterocycles. The zero-order valence-corrected chi connectivity index (χ0v) is 25.8. The Morgan fingerprint density at radius 2 is 1.72 bits per heavy atom. The van der Waals surface area contributed by atoms with Gasteiger partial charge in [0, 0.05) is 28.7 Å². The predicted molar refractivity (Wildman–Crippen MR) is 171 cm³/mol. The van der Waals surface area contributed by atoms with Gasteiger partial charge in [0.2, 0.25) is 0 Å². The van der Waals surface area contributed by atoms with Crippen LogP contribution >= 0.6 is 11.6 Å². The van der Waals surface area contributed by atoms with Gasteiger partial charge in [-0.3, -0.25) is 9.59 Å². The number of amidine groups is 1. The highest BCUT2D eigenvalue weighted by Crippen LogP contribution is 2.42. The van der Waals surface area contributed by atoms with Crippen LogP contribution in [0.1, 0.15) is 74.8 Å². The molecule has 1 heterocycles. The van der Waals surface area contributed by atoms with E-state index in [1.54, 1.807) is 12.1 Å². The second-order valence-corrected chi connectivity index (χ2v) is 13.0. The molecule has 43 heavy (non-hydrogen) atoms. The number of nitrogens with zero attached hydrogens (tertiary/aromatic N) is 2. The fourth-order valence-electron chi connectivity index (χ4n) is 6.21. The SMILES string of the molecule is CC(C)(C)C1CCC(N2/C(=N/c3cccc(-c4ccccc4Cl)c3)OCC2c2ccc(C(=O)NCCC(=O)O)cc2)CC1. The molecule has 2 aliphatic rings. The lowest BCUT2D eigenvalue weighted by Crippen LogP contribution is -2.42. The molecule has 0 aromatic heterocycles. The van der Waals surface area contributed by atoms with E-state index in [4.69, 9.17) is 26.4 Å². The second kappa shape index (κ2) is 13.2. The number of hydrogen-bond acceptors (Lipinski definition) is 4. The maximum atomic E-state index is 12.5. The van der Waals surface area contributed by atoms with Crippen molar-refractivity contribution in [1.29, 1.82) is 0 Å². The number of carboxylic acid groups (broad SMARTS) is 1. The number of aliphatic imine (C=N–C) groups is 1. The number of halogens is 1. The summed E-state index contributed by atoms with van der Waals surface area (Å²) in [5.41, 5.74) is 4.58. The van der Waals surface area contributed by atoms with Crippen molar-refractivity contribution < 1.29 is 19.4 Å². The van der Waals surface area contributed by atoms with Crippen LogP contribution in [0.3, 0.4) is 0 Å². The zero-order valence-electron chi connectivity index (χ0n) is 25.1. The van der Waals surface area contributed by atoms with Crippen LogP contribution in [0.5, 0.6) is 0 Å². The van der Waals surface area contributed by atoms with Crippen molar-refractivity contribution in [3.63, 3.8) is 0 Å². The minimum absolute atomic E-state index is 0.0363. The van der Waals surface area contributed by atoms with E-state index in [0.717, 1.165) is 48.1 Å². The first kappa shape index (κ1) is 30.6. The summed E-state index contributed by atoms with van der Waals surface area (Å²) >= 11 is 6.49. The van der Waals surface area contributed by atoms with Gasteiger partial charge in [-0.15, -0.1) is 0 Å². The molecular weight excluding hydrogens is 562 g/mol. The highest BCUT2D eigenvalue weighted by molar-refractivity contribution is 6.33. The first-order chi connectivity index (χ1) is 20.6. The van der Waals surface area contributed by atoms with E-state index in [2.05, 4.69) is 31.0 Å². The predicted octanol–water partition coefficient (Wildman–Crippen LogP) is 7.88.